The summed E-state index contributed by atoms with van der Waals surface area (Å²) < 4.78 is 0. The SMILES string of the molecule is O=C(c1ccc(NCc2ccccn2)cn1)N1CCc2ccccc2C1. The Morgan fingerprint density at radius 3 is 2.62 bits per heavy atom. The number of hydrogen-bond donors (Lipinski definition) is 1. The van der Waals surface area contributed by atoms with E-state index in [0.717, 1.165) is 24.3 Å². The molecule has 1 aliphatic heterocycles. The summed E-state index contributed by atoms with van der Waals surface area (Å²) in [6, 6.07) is 17.8. The molecule has 0 fully saturated rings. The summed E-state index contributed by atoms with van der Waals surface area (Å²) in [5.74, 6) is -0.0178. The van der Waals surface area contributed by atoms with Crippen molar-refractivity contribution in [1.29, 1.82) is 0 Å². The Bertz CT molecular complexity index is 893. The number of nitrogens with one attached hydrogen (secondary N) is 1. The number of hydrogen-bond acceptors (Lipinski definition) is 4. The van der Waals surface area contributed by atoms with Crippen LogP contribution in [0.1, 0.15) is 27.3 Å². The topological polar surface area (TPSA) is 58.1 Å². The highest BCUT2D eigenvalue weighted by Crippen LogP contribution is 2.20. The zero-order chi connectivity index (χ0) is 17.8. The Morgan fingerprint density at radius 1 is 1.00 bits per heavy atom. The monoisotopic (exact) mass is 344 g/mol. The number of carbonyl (C=O) groups excluding carboxylic acids is 1. The number of carbonyl (C=O) groups is 1. The highest BCUT2D eigenvalue weighted by atomic mass is 16.2. The molecule has 3 heterocycles. The van der Waals surface area contributed by atoms with E-state index in [1.165, 1.54) is 11.1 Å². The maximum absolute atomic E-state index is 12.7. The quantitative estimate of drug-likeness (QED) is 0.789. The van der Waals surface area contributed by atoms with E-state index < -0.39 is 0 Å². The van der Waals surface area contributed by atoms with Crippen LogP contribution >= 0.6 is 0 Å². The van der Waals surface area contributed by atoms with Crippen molar-refractivity contribution in [1.82, 2.24) is 14.9 Å². The minimum Gasteiger partial charge on any atom is -0.378 e. The molecule has 0 bridgehead atoms. The number of anilines is 1. The molecular weight excluding hydrogens is 324 g/mol. The highest BCUT2D eigenvalue weighted by molar-refractivity contribution is 5.92. The second kappa shape index (κ2) is 7.35. The first-order valence-corrected chi connectivity index (χ1v) is 8.75. The van der Waals surface area contributed by atoms with Crippen molar-refractivity contribution in [2.45, 2.75) is 19.5 Å². The highest BCUT2D eigenvalue weighted by Gasteiger charge is 2.22. The third-order valence-electron chi connectivity index (χ3n) is 4.60. The van der Waals surface area contributed by atoms with Crippen molar-refractivity contribution >= 4 is 11.6 Å². The van der Waals surface area contributed by atoms with Crippen LogP contribution in [0.2, 0.25) is 0 Å². The normalized spacial score (nSPS) is 13.2. The largest absolute Gasteiger partial charge is 0.378 e. The van der Waals surface area contributed by atoms with E-state index >= 15 is 0 Å². The van der Waals surface area contributed by atoms with Gasteiger partial charge in [-0.25, -0.2) is 4.98 Å². The summed E-state index contributed by atoms with van der Waals surface area (Å²) in [6.45, 7) is 2.01. The smallest absolute Gasteiger partial charge is 0.272 e. The predicted molar refractivity (Wildman–Crippen MR) is 101 cm³/mol. The Kier molecular flexibility index (Phi) is 4.60. The Balaban J connectivity index is 1.40. The van der Waals surface area contributed by atoms with Gasteiger partial charge in [-0.1, -0.05) is 30.3 Å². The number of benzene rings is 1. The first-order valence-electron chi connectivity index (χ1n) is 8.75. The van der Waals surface area contributed by atoms with E-state index in [4.69, 9.17) is 0 Å². The molecule has 2 aromatic heterocycles. The van der Waals surface area contributed by atoms with E-state index in [-0.39, 0.29) is 5.91 Å². The number of nitrogens with zero attached hydrogens (tertiary/aromatic N) is 3. The molecule has 0 aliphatic carbocycles. The van der Waals surface area contributed by atoms with Crippen molar-refractivity contribution in [2.75, 3.05) is 11.9 Å². The Labute approximate surface area is 152 Å². The first kappa shape index (κ1) is 16.3. The molecule has 1 N–H and O–H groups in total. The molecule has 0 radical (unpaired) electrons. The van der Waals surface area contributed by atoms with Gasteiger partial charge in [0.1, 0.15) is 5.69 Å². The van der Waals surface area contributed by atoms with Crippen molar-refractivity contribution in [2.24, 2.45) is 0 Å². The van der Waals surface area contributed by atoms with Crippen LogP contribution in [0.15, 0.2) is 67.0 Å². The molecule has 0 atom stereocenters. The second-order valence-electron chi connectivity index (χ2n) is 6.35. The number of pyridine rings is 2. The first-order chi connectivity index (χ1) is 12.8. The van der Waals surface area contributed by atoms with Crippen LogP contribution in [0.25, 0.3) is 0 Å². The summed E-state index contributed by atoms with van der Waals surface area (Å²) in [7, 11) is 0. The maximum Gasteiger partial charge on any atom is 0.272 e. The van der Waals surface area contributed by atoms with Crippen LogP contribution < -0.4 is 5.32 Å². The molecule has 5 heteroatoms. The van der Waals surface area contributed by atoms with Gasteiger partial charge in [0, 0.05) is 19.3 Å². The van der Waals surface area contributed by atoms with Crippen LogP contribution in [0.3, 0.4) is 0 Å². The lowest BCUT2D eigenvalue weighted by atomic mass is 10.00. The van der Waals surface area contributed by atoms with Crippen molar-refractivity contribution in [3.63, 3.8) is 0 Å². The van der Waals surface area contributed by atoms with Gasteiger partial charge in [0.2, 0.25) is 0 Å². The lowest BCUT2D eigenvalue weighted by Crippen LogP contribution is -2.36. The number of aromatic nitrogens is 2. The average Bonchev–Trinajstić information content (AvgIpc) is 2.72. The fourth-order valence-electron chi connectivity index (χ4n) is 3.15. The summed E-state index contributed by atoms with van der Waals surface area (Å²) in [5, 5.41) is 3.27. The lowest BCUT2D eigenvalue weighted by Gasteiger charge is -2.28. The third kappa shape index (κ3) is 3.57. The van der Waals surface area contributed by atoms with Gasteiger partial charge >= 0.3 is 0 Å². The number of fused-ring (bicyclic) bond motifs is 1. The Morgan fingerprint density at radius 2 is 1.85 bits per heavy atom. The minimum atomic E-state index is -0.0178. The minimum absolute atomic E-state index is 0.0178. The molecule has 3 aromatic rings. The fourth-order valence-corrected chi connectivity index (χ4v) is 3.15. The van der Waals surface area contributed by atoms with Crippen molar-refractivity contribution in [3.8, 4) is 0 Å². The molecule has 130 valence electrons. The van der Waals surface area contributed by atoms with E-state index in [0.29, 0.717) is 18.8 Å². The van der Waals surface area contributed by atoms with Gasteiger partial charge in [-0.2, -0.15) is 0 Å². The van der Waals surface area contributed by atoms with Gasteiger partial charge in [-0.05, 0) is 41.8 Å². The van der Waals surface area contributed by atoms with Crippen LogP contribution in [0.4, 0.5) is 5.69 Å². The standard InChI is InChI=1S/C21H20N4O/c26-21(25-12-10-16-5-1-2-6-17(16)15-25)20-9-8-19(14-24-20)23-13-18-7-3-4-11-22-18/h1-9,11,14,23H,10,12-13,15H2. The van der Waals surface area contributed by atoms with Crippen molar-refractivity contribution < 1.29 is 4.79 Å². The molecule has 1 aliphatic rings. The molecule has 1 aromatic carbocycles. The predicted octanol–water partition coefficient (Wildman–Crippen LogP) is 3.29. The summed E-state index contributed by atoms with van der Waals surface area (Å²) in [6.07, 6.45) is 4.37. The molecule has 5 nitrogen and oxygen atoms in total. The molecular formula is C21H20N4O. The zero-order valence-electron chi connectivity index (χ0n) is 14.4. The van der Waals surface area contributed by atoms with E-state index in [1.54, 1.807) is 18.5 Å². The lowest BCUT2D eigenvalue weighted by molar-refractivity contribution is 0.0729. The molecule has 0 unspecified atom stereocenters. The molecule has 1 amide bonds. The summed E-state index contributed by atoms with van der Waals surface area (Å²) in [4.78, 5) is 23.2. The van der Waals surface area contributed by atoms with Gasteiger partial charge in [-0.3, -0.25) is 9.78 Å². The molecule has 4 rings (SSSR count). The maximum atomic E-state index is 12.7. The van der Waals surface area contributed by atoms with E-state index in [2.05, 4.69) is 33.5 Å². The van der Waals surface area contributed by atoms with Gasteiger partial charge in [0.15, 0.2) is 0 Å². The summed E-state index contributed by atoms with van der Waals surface area (Å²) in [5.41, 5.74) is 4.86. The van der Waals surface area contributed by atoms with Crippen LogP contribution in [0.5, 0.6) is 0 Å². The van der Waals surface area contributed by atoms with Gasteiger partial charge in [0.25, 0.3) is 5.91 Å². The van der Waals surface area contributed by atoms with E-state index in [9.17, 15) is 4.79 Å². The zero-order valence-corrected chi connectivity index (χ0v) is 14.4. The number of rotatable bonds is 4. The average molecular weight is 344 g/mol. The van der Waals surface area contributed by atoms with Crippen molar-refractivity contribution in [3.05, 3.63) is 89.5 Å². The summed E-state index contributed by atoms with van der Waals surface area (Å²) >= 11 is 0. The van der Waals surface area contributed by atoms with Crippen LogP contribution in [0, 0.1) is 0 Å². The fraction of sp³-hybridized carbons (Fsp3) is 0.190. The molecule has 26 heavy (non-hydrogen) atoms. The number of amides is 1. The van der Waals surface area contributed by atoms with E-state index in [1.807, 2.05) is 35.2 Å². The van der Waals surface area contributed by atoms with Crippen LogP contribution in [-0.2, 0) is 19.5 Å². The van der Waals surface area contributed by atoms with Gasteiger partial charge in [-0.15, -0.1) is 0 Å². The Hall–Kier alpha value is -3.21. The van der Waals surface area contributed by atoms with Gasteiger partial charge in [0.05, 0.1) is 24.1 Å². The molecule has 0 spiro atoms. The third-order valence-corrected chi connectivity index (χ3v) is 4.60. The molecule has 0 saturated carbocycles. The molecule has 0 saturated heterocycles. The van der Waals surface area contributed by atoms with Gasteiger partial charge < -0.3 is 10.2 Å². The van der Waals surface area contributed by atoms with Crippen LogP contribution in [-0.4, -0.2) is 27.3 Å². The second-order valence-corrected chi connectivity index (χ2v) is 6.35.